The minimum Gasteiger partial charge on any atom is -0.371 e. The Morgan fingerprint density at radius 2 is 1.86 bits per heavy atom. The summed E-state index contributed by atoms with van der Waals surface area (Å²) in [6.45, 7) is 2.02. The number of hydrogen-bond acceptors (Lipinski definition) is 6. The predicted octanol–water partition coefficient (Wildman–Crippen LogP) is 4.82. The number of nitrogens with one attached hydrogen (secondary N) is 2. The van der Waals surface area contributed by atoms with Crippen LogP contribution in [0.15, 0.2) is 60.9 Å². The van der Waals surface area contributed by atoms with Crippen LogP contribution >= 0.6 is 11.6 Å². The molecule has 2 N–H and O–H groups in total. The third kappa shape index (κ3) is 5.93. The van der Waals surface area contributed by atoms with Gasteiger partial charge in [0.1, 0.15) is 5.02 Å². The van der Waals surface area contributed by atoms with Crippen molar-refractivity contribution in [3.8, 4) is 0 Å². The lowest BCUT2D eigenvalue weighted by Crippen LogP contribution is -2.32. The average molecular weight is 494 g/mol. The molecule has 2 heterocycles. The highest BCUT2D eigenvalue weighted by Gasteiger charge is 2.21. The minimum atomic E-state index is -0.642. The lowest BCUT2D eigenvalue weighted by molar-refractivity contribution is -0.384. The molecule has 1 saturated heterocycles. The summed E-state index contributed by atoms with van der Waals surface area (Å²) in [6, 6.07) is 12.7. The standard InChI is InChI=1S/C25H24ClN5O4/c26-21-8-6-18(13-23(21)31(34)35)24(32)29-19-7-9-22(30-11-2-1-3-12-30)20(14-19)25(33)28-16-17-5-4-10-27-15-17/h4-10,13-15H,1-3,11-12,16H2,(H,28,33)(H,29,32). The first kappa shape index (κ1) is 24.2. The molecule has 10 heteroatoms. The van der Waals surface area contributed by atoms with E-state index in [0.717, 1.165) is 49.7 Å². The van der Waals surface area contributed by atoms with E-state index in [-0.39, 0.29) is 22.2 Å². The molecule has 0 aliphatic carbocycles. The van der Waals surface area contributed by atoms with E-state index in [0.29, 0.717) is 17.8 Å². The van der Waals surface area contributed by atoms with Crippen LogP contribution in [0.1, 0.15) is 45.5 Å². The van der Waals surface area contributed by atoms with Gasteiger partial charge in [-0.1, -0.05) is 17.7 Å². The monoisotopic (exact) mass is 493 g/mol. The number of halogens is 1. The number of nitrogens with zero attached hydrogens (tertiary/aromatic N) is 3. The zero-order valence-corrected chi connectivity index (χ0v) is 19.6. The van der Waals surface area contributed by atoms with Crippen LogP contribution in [0.25, 0.3) is 0 Å². The Morgan fingerprint density at radius 1 is 1.06 bits per heavy atom. The number of piperidine rings is 1. The second-order valence-corrected chi connectivity index (χ2v) is 8.61. The summed E-state index contributed by atoms with van der Waals surface area (Å²) in [5.41, 5.74) is 2.25. The highest BCUT2D eigenvalue weighted by atomic mass is 35.5. The van der Waals surface area contributed by atoms with Crippen molar-refractivity contribution >= 4 is 40.5 Å². The van der Waals surface area contributed by atoms with Crippen LogP contribution in [-0.4, -0.2) is 34.8 Å². The van der Waals surface area contributed by atoms with Crippen molar-refractivity contribution in [1.82, 2.24) is 10.3 Å². The Balaban J connectivity index is 1.58. The van der Waals surface area contributed by atoms with E-state index < -0.39 is 10.8 Å². The number of anilines is 2. The summed E-state index contributed by atoms with van der Waals surface area (Å²) in [7, 11) is 0. The SMILES string of the molecule is O=C(Nc1ccc(N2CCCCC2)c(C(=O)NCc2cccnc2)c1)c1ccc(Cl)c([N+](=O)[O-])c1. The molecule has 3 aromatic rings. The van der Waals surface area contributed by atoms with E-state index in [9.17, 15) is 19.7 Å². The van der Waals surface area contributed by atoms with Gasteiger partial charge in [0.15, 0.2) is 0 Å². The van der Waals surface area contributed by atoms with Gasteiger partial charge in [-0.15, -0.1) is 0 Å². The van der Waals surface area contributed by atoms with E-state index in [1.54, 1.807) is 30.6 Å². The molecule has 0 saturated carbocycles. The van der Waals surface area contributed by atoms with Gasteiger partial charge in [0, 0.05) is 55.0 Å². The molecule has 35 heavy (non-hydrogen) atoms. The minimum absolute atomic E-state index is 0.0509. The number of pyridine rings is 1. The van der Waals surface area contributed by atoms with Crippen LogP contribution in [0.5, 0.6) is 0 Å². The Kier molecular flexibility index (Phi) is 7.57. The molecule has 1 aliphatic rings. The van der Waals surface area contributed by atoms with Crippen LogP contribution in [0, 0.1) is 10.1 Å². The number of rotatable bonds is 7. The quantitative estimate of drug-likeness (QED) is 0.360. The Bertz CT molecular complexity index is 1250. The fraction of sp³-hybridized carbons (Fsp3) is 0.240. The van der Waals surface area contributed by atoms with Crippen molar-refractivity contribution in [2.75, 3.05) is 23.3 Å². The number of carbonyl (C=O) groups is 2. The van der Waals surface area contributed by atoms with Gasteiger partial charge in [-0.05, 0) is 61.2 Å². The number of amides is 2. The van der Waals surface area contributed by atoms with E-state index in [1.807, 2.05) is 12.1 Å². The molecule has 1 aromatic heterocycles. The van der Waals surface area contributed by atoms with Gasteiger partial charge in [0.25, 0.3) is 17.5 Å². The molecule has 180 valence electrons. The Morgan fingerprint density at radius 3 is 2.57 bits per heavy atom. The van der Waals surface area contributed by atoms with Gasteiger partial charge in [-0.2, -0.15) is 0 Å². The largest absolute Gasteiger partial charge is 0.371 e. The third-order valence-corrected chi connectivity index (χ3v) is 6.10. The van der Waals surface area contributed by atoms with Gasteiger partial charge >= 0.3 is 0 Å². The van der Waals surface area contributed by atoms with Gasteiger partial charge in [-0.25, -0.2) is 0 Å². The molecule has 1 aliphatic heterocycles. The predicted molar refractivity (Wildman–Crippen MR) is 134 cm³/mol. The van der Waals surface area contributed by atoms with Gasteiger partial charge < -0.3 is 15.5 Å². The van der Waals surface area contributed by atoms with Crippen molar-refractivity contribution in [2.45, 2.75) is 25.8 Å². The molecule has 0 bridgehead atoms. The number of nitro benzene ring substituents is 1. The molecule has 0 radical (unpaired) electrons. The summed E-state index contributed by atoms with van der Waals surface area (Å²) in [5.74, 6) is -0.815. The van der Waals surface area contributed by atoms with Gasteiger partial charge in [0.05, 0.1) is 10.5 Å². The number of carbonyl (C=O) groups excluding carboxylic acids is 2. The van der Waals surface area contributed by atoms with E-state index in [4.69, 9.17) is 11.6 Å². The normalized spacial score (nSPS) is 13.2. The molecule has 0 spiro atoms. The topological polar surface area (TPSA) is 117 Å². The second kappa shape index (κ2) is 11.0. The Labute approximate surface area is 207 Å². The smallest absolute Gasteiger partial charge is 0.288 e. The zero-order chi connectivity index (χ0) is 24.8. The summed E-state index contributed by atoms with van der Waals surface area (Å²) in [5, 5.41) is 16.8. The molecule has 0 unspecified atom stereocenters. The first-order valence-corrected chi connectivity index (χ1v) is 11.6. The molecule has 0 atom stereocenters. The summed E-state index contributed by atoms with van der Waals surface area (Å²) in [6.07, 6.45) is 6.60. The van der Waals surface area contributed by atoms with Crippen molar-refractivity contribution in [3.63, 3.8) is 0 Å². The molecule has 2 aromatic carbocycles. The van der Waals surface area contributed by atoms with E-state index in [1.165, 1.54) is 12.1 Å². The van der Waals surface area contributed by atoms with Crippen LogP contribution < -0.4 is 15.5 Å². The fourth-order valence-corrected chi connectivity index (χ4v) is 4.17. The molecule has 9 nitrogen and oxygen atoms in total. The summed E-state index contributed by atoms with van der Waals surface area (Å²) >= 11 is 5.85. The summed E-state index contributed by atoms with van der Waals surface area (Å²) < 4.78 is 0. The lowest BCUT2D eigenvalue weighted by atomic mass is 10.1. The first-order valence-electron chi connectivity index (χ1n) is 11.2. The van der Waals surface area contributed by atoms with Gasteiger partial charge in [0.2, 0.25) is 0 Å². The van der Waals surface area contributed by atoms with Crippen molar-refractivity contribution in [1.29, 1.82) is 0 Å². The number of benzene rings is 2. The molecular formula is C25H24ClN5O4. The van der Waals surface area contributed by atoms with Crippen molar-refractivity contribution in [2.24, 2.45) is 0 Å². The summed E-state index contributed by atoms with van der Waals surface area (Å²) in [4.78, 5) is 42.7. The highest BCUT2D eigenvalue weighted by molar-refractivity contribution is 6.32. The zero-order valence-electron chi connectivity index (χ0n) is 18.9. The maximum Gasteiger partial charge on any atom is 0.288 e. The molecule has 1 fully saturated rings. The van der Waals surface area contributed by atoms with Crippen LogP contribution in [-0.2, 0) is 6.54 Å². The van der Waals surface area contributed by atoms with Crippen molar-refractivity contribution in [3.05, 3.63) is 92.8 Å². The maximum absolute atomic E-state index is 13.2. The lowest BCUT2D eigenvalue weighted by Gasteiger charge is -2.30. The molecule has 4 rings (SSSR count). The molecular weight excluding hydrogens is 470 g/mol. The number of nitro groups is 1. The third-order valence-electron chi connectivity index (χ3n) is 5.78. The Hall–Kier alpha value is -3.98. The number of aromatic nitrogens is 1. The van der Waals surface area contributed by atoms with Crippen molar-refractivity contribution < 1.29 is 14.5 Å². The van der Waals surface area contributed by atoms with E-state index >= 15 is 0 Å². The second-order valence-electron chi connectivity index (χ2n) is 8.20. The average Bonchev–Trinajstić information content (AvgIpc) is 2.88. The van der Waals surface area contributed by atoms with Crippen LogP contribution in [0.2, 0.25) is 5.02 Å². The fourth-order valence-electron chi connectivity index (χ4n) is 3.98. The van der Waals surface area contributed by atoms with Crippen LogP contribution in [0.4, 0.5) is 17.1 Å². The van der Waals surface area contributed by atoms with E-state index in [2.05, 4.69) is 20.5 Å². The molecule has 2 amide bonds. The highest BCUT2D eigenvalue weighted by Crippen LogP contribution is 2.29. The van der Waals surface area contributed by atoms with Gasteiger partial charge in [-0.3, -0.25) is 24.7 Å². The maximum atomic E-state index is 13.2. The first-order chi connectivity index (χ1) is 16.9. The number of hydrogen-bond donors (Lipinski definition) is 2. The van der Waals surface area contributed by atoms with Crippen LogP contribution in [0.3, 0.4) is 0 Å².